The molecular weight excluding hydrogens is 385 g/mol. The van der Waals surface area contributed by atoms with Crippen LogP contribution in [0.25, 0.3) is 0 Å². The first kappa shape index (κ1) is 22.0. The largest absolute Gasteiger partial charge is 0.432 e. The fourth-order valence-electron chi connectivity index (χ4n) is 6.98. The molecule has 0 radical (unpaired) electrons. The molecule has 0 spiro atoms. The molecule has 0 aromatic heterocycles. The highest BCUT2D eigenvalue weighted by Crippen LogP contribution is 2.51. The molecule has 3 aliphatic carbocycles. The van der Waals surface area contributed by atoms with Crippen molar-refractivity contribution >= 4 is 0 Å². The number of hydrogen-bond acceptors (Lipinski definition) is 1. The third-order valence-electron chi connectivity index (χ3n) is 8.55. The second kappa shape index (κ2) is 9.96. The topological polar surface area (TPSA) is 9.23 Å². The van der Waals surface area contributed by atoms with Gasteiger partial charge in [-0.2, -0.15) is 8.78 Å². The highest BCUT2D eigenvalue weighted by Gasteiger charge is 2.39. The lowest BCUT2D eigenvalue weighted by molar-refractivity contribution is -0.0522. The second-order valence-electron chi connectivity index (χ2n) is 10.2. The highest BCUT2D eigenvalue weighted by atomic mass is 19.3. The van der Waals surface area contributed by atoms with E-state index in [4.69, 9.17) is 0 Å². The van der Waals surface area contributed by atoms with Gasteiger partial charge in [-0.1, -0.05) is 38.7 Å². The van der Waals surface area contributed by atoms with E-state index in [0.29, 0.717) is 5.92 Å². The predicted molar refractivity (Wildman–Crippen MR) is 114 cm³/mol. The van der Waals surface area contributed by atoms with E-state index in [1.165, 1.54) is 76.3 Å². The first-order chi connectivity index (χ1) is 14.5. The summed E-state index contributed by atoms with van der Waals surface area (Å²) in [6.07, 6.45) is 16.1. The van der Waals surface area contributed by atoms with Gasteiger partial charge in [0, 0.05) is 0 Å². The Kier molecular flexibility index (Phi) is 7.31. The van der Waals surface area contributed by atoms with Gasteiger partial charge in [0.2, 0.25) is 0 Å². The van der Waals surface area contributed by atoms with Gasteiger partial charge in [-0.15, -0.1) is 0 Å². The average Bonchev–Trinajstić information content (AvgIpc) is 2.75. The summed E-state index contributed by atoms with van der Waals surface area (Å²) in [5, 5.41) is 0. The lowest BCUT2D eigenvalue weighted by Gasteiger charge is -2.45. The minimum absolute atomic E-state index is 0.349. The molecule has 30 heavy (non-hydrogen) atoms. The van der Waals surface area contributed by atoms with Crippen molar-refractivity contribution in [2.24, 2.45) is 29.6 Å². The molecule has 3 fully saturated rings. The van der Waals surface area contributed by atoms with Crippen LogP contribution in [0.5, 0.6) is 5.75 Å². The van der Waals surface area contributed by atoms with Gasteiger partial charge in [-0.05, 0) is 105 Å². The number of halogens is 3. The lowest BCUT2D eigenvalue weighted by Crippen LogP contribution is -2.34. The van der Waals surface area contributed by atoms with E-state index in [-0.39, 0.29) is 5.75 Å². The van der Waals surface area contributed by atoms with E-state index in [9.17, 15) is 13.2 Å². The summed E-state index contributed by atoms with van der Waals surface area (Å²) in [5.74, 6) is 3.77. The average molecular weight is 423 g/mol. The highest BCUT2D eigenvalue weighted by molar-refractivity contribution is 5.31. The van der Waals surface area contributed by atoms with Crippen LogP contribution in [0.3, 0.4) is 0 Å². The predicted octanol–water partition coefficient (Wildman–Crippen LogP) is 8.33. The van der Waals surface area contributed by atoms with Crippen molar-refractivity contribution in [2.75, 3.05) is 0 Å². The molecule has 4 unspecified atom stereocenters. The maximum atomic E-state index is 14.2. The van der Waals surface area contributed by atoms with Crippen LogP contribution in [-0.4, -0.2) is 6.61 Å². The van der Waals surface area contributed by atoms with Crippen molar-refractivity contribution in [2.45, 2.75) is 96.5 Å². The summed E-state index contributed by atoms with van der Waals surface area (Å²) >= 11 is 0. The summed E-state index contributed by atoms with van der Waals surface area (Å²) in [4.78, 5) is 0. The summed E-state index contributed by atoms with van der Waals surface area (Å²) in [7, 11) is 0. The molecule has 1 aromatic rings. The van der Waals surface area contributed by atoms with E-state index in [1.54, 1.807) is 6.07 Å². The molecule has 4 rings (SSSR count). The van der Waals surface area contributed by atoms with E-state index >= 15 is 0 Å². The minimum atomic E-state index is -2.99. The molecule has 3 saturated carbocycles. The number of hydrogen-bond donors (Lipinski definition) is 0. The van der Waals surface area contributed by atoms with Crippen molar-refractivity contribution in [1.82, 2.24) is 0 Å². The smallest absolute Gasteiger partial charge is 0.387 e. The van der Waals surface area contributed by atoms with E-state index in [2.05, 4.69) is 11.7 Å². The van der Waals surface area contributed by atoms with Crippen LogP contribution in [0.4, 0.5) is 13.2 Å². The normalized spacial score (nSPS) is 34.6. The van der Waals surface area contributed by atoms with Gasteiger partial charge in [0.05, 0.1) is 0 Å². The number of fused-ring (bicyclic) bond motifs is 1. The van der Waals surface area contributed by atoms with Crippen molar-refractivity contribution in [3.8, 4) is 5.75 Å². The first-order valence-corrected chi connectivity index (χ1v) is 12.3. The maximum Gasteiger partial charge on any atom is 0.387 e. The Morgan fingerprint density at radius 3 is 2.17 bits per heavy atom. The zero-order chi connectivity index (χ0) is 21.1. The minimum Gasteiger partial charge on any atom is -0.432 e. The SMILES string of the molecule is CCCC1CCC(C2CCC3CC(c4ccc(OC(F)F)c(F)c4)CCC3C2)CC1. The van der Waals surface area contributed by atoms with Gasteiger partial charge >= 0.3 is 6.61 Å². The molecule has 0 saturated heterocycles. The molecule has 4 atom stereocenters. The Morgan fingerprint density at radius 2 is 1.50 bits per heavy atom. The van der Waals surface area contributed by atoms with E-state index in [0.717, 1.165) is 48.0 Å². The van der Waals surface area contributed by atoms with Crippen molar-refractivity contribution in [3.05, 3.63) is 29.6 Å². The molecule has 0 heterocycles. The standard InChI is InChI=1S/C26H37F3O/c1-2-3-17-4-6-18(7-5-17)19-8-9-21-15-22(11-10-20(21)14-19)23-12-13-25(24(27)16-23)30-26(28)29/h12-13,16-22,26H,2-11,14-15H2,1H3. The molecule has 4 heteroatoms. The summed E-state index contributed by atoms with van der Waals surface area (Å²) in [6.45, 7) is -0.679. The van der Waals surface area contributed by atoms with Gasteiger partial charge in [0.1, 0.15) is 0 Å². The van der Waals surface area contributed by atoms with Crippen LogP contribution in [0.1, 0.15) is 95.5 Å². The number of rotatable bonds is 6. The van der Waals surface area contributed by atoms with Gasteiger partial charge in [0.15, 0.2) is 11.6 Å². The molecule has 0 bridgehead atoms. The number of alkyl halides is 2. The van der Waals surface area contributed by atoms with Gasteiger partial charge < -0.3 is 4.74 Å². The van der Waals surface area contributed by atoms with Crippen molar-refractivity contribution in [1.29, 1.82) is 0 Å². The van der Waals surface area contributed by atoms with Crippen LogP contribution in [0, 0.1) is 35.4 Å². The Labute approximate surface area is 179 Å². The molecule has 3 aliphatic rings. The Morgan fingerprint density at radius 1 is 0.867 bits per heavy atom. The van der Waals surface area contributed by atoms with Crippen LogP contribution in [0.15, 0.2) is 18.2 Å². The molecular formula is C26H37F3O. The van der Waals surface area contributed by atoms with Crippen molar-refractivity contribution in [3.63, 3.8) is 0 Å². The zero-order valence-corrected chi connectivity index (χ0v) is 18.3. The van der Waals surface area contributed by atoms with Crippen LogP contribution in [0.2, 0.25) is 0 Å². The van der Waals surface area contributed by atoms with Crippen LogP contribution < -0.4 is 4.74 Å². The first-order valence-electron chi connectivity index (χ1n) is 12.3. The van der Waals surface area contributed by atoms with Crippen LogP contribution in [-0.2, 0) is 0 Å². The quantitative estimate of drug-likeness (QED) is 0.448. The van der Waals surface area contributed by atoms with Crippen LogP contribution >= 0.6 is 0 Å². The molecule has 1 aromatic carbocycles. The Hall–Kier alpha value is -1.19. The molecule has 0 amide bonds. The number of ether oxygens (including phenoxy) is 1. The van der Waals surface area contributed by atoms with Gasteiger partial charge in [-0.3, -0.25) is 0 Å². The fourth-order valence-corrected chi connectivity index (χ4v) is 6.98. The summed E-state index contributed by atoms with van der Waals surface area (Å²) in [6, 6.07) is 4.57. The molecule has 0 aliphatic heterocycles. The van der Waals surface area contributed by atoms with Crippen molar-refractivity contribution < 1.29 is 17.9 Å². The van der Waals surface area contributed by atoms with E-state index in [1.807, 2.05) is 0 Å². The molecule has 1 nitrogen and oxygen atoms in total. The third-order valence-corrected chi connectivity index (χ3v) is 8.55. The van der Waals surface area contributed by atoms with Gasteiger partial charge in [0.25, 0.3) is 0 Å². The fraction of sp³-hybridized carbons (Fsp3) is 0.769. The third kappa shape index (κ3) is 5.16. The summed E-state index contributed by atoms with van der Waals surface area (Å²) < 4.78 is 43.2. The molecule has 0 N–H and O–H groups in total. The van der Waals surface area contributed by atoms with E-state index < -0.39 is 12.4 Å². The Bertz CT molecular complexity index is 683. The second-order valence-corrected chi connectivity index (χ2v) is 10.2. The zero-order valence-electron chi connectivity index (χ0n) is 18.3. The number of benzene rings is 1. The van der Waals surface area contributed by atoms with Gasteiger partial charge in [-0.25, -0.2) is 4.39 Å². The lowest BCUT2D eigenvalue weighted by atomic mass is 9.60. The molecule has 168 valence electrons. The summed E-state index contributed by atoms with van der Waals surface area (Å²) in [5.41, 5.74) is 0.948. The Balaban J connectivity index is 1.30. The maximum absolute atomic E-state index is 14.2. The monoisotopic (exact) mass is 422 g/mol.